The van der Waals surface area contributed by atoms with E-state index in [0.29, 0.717) is 28.0 Å². The van der Waals surface area contributed by atoms with Crippen molar-refractivity contribution in [2.24, 2.45) is 0 Å². The molecule has 1 heterocycles. The van der Waals surface area contributed by atoms with Crippen molar-refractivity contribution >= 4 is 40.0 Å². The fourth-order valence-electron chi connectivity index (χ4n) is 3.23. The van der Waals surface area contributed by atoms with Crippen molar-refractivity contribution in [1.82, 2.24) is 0 Å². The number of carbonyl (C=O) groups excluding carboxylic acids is 2. The fraction of sp³-hybridized carbons (Fsp3) is 0.429. The molecule has 0 unspecified atom stereocenters. The summed E-state index contributed by atoms with van der Waals surface area (Å²) in [4.78, 5) is 27.6. The van der Waals surface area contributed by atoms with Crippen LogP contribution in [-0.4, -0.2) is 23.7 Å². The first-order chi connectivity index (χ1) is 13.0. The predicted molar refractivity (Wildman–Crippen MR) is 112 cm³/mol. The molecule has 6 heteroatoms. The zero-order valence-electron chi connectivity index (χ0n) is 16.0. The first kappa shape index (κ1) is 20.0. The smallest absolute Gasteiger partial charge is 0.341 e. The predicted octanol–water partition coefficient (Wildman–Crippen LogP) is 5.56. The number of fused-ring (bicyclic) bond motifs is 1. The number of amides is 1. The molecule has 4 nitrogen and oxygen atoms in total. The van der Waals surface area contributed by atoms with Gasteiger partial charge in [0.05, 0.1) is 12.2 Å². The zero-order valence-corrected chi connectivity index (χ0v) is 17.6. The minimum atomic E-state index is -0.337. The van der Waals surface area contributed by atoms with Crippen LogP contribution in [0.2, 0.25) is 0 Å². The third kappa shape index (κ3) is 4.74. The molecule has 1 aromatic heterocycles. The second kappa shape index (κ2) is 8.93. The van der Waals surface area contributed by atoms with E-state index in [0.717, 1.165) is 36.1 Å². The molecule has 3 rings (SSSR count). The number of nitrogens with one attached hydrogen (secondary N) is 1. The van der Waals surface area contributed by atoms with Gasteiger partial charge in [0.25, 0.3) is 5.91 Å². The first-order valence-corrected chi connectivity index (χ1v) is 11.1. The monoisotopic (exact) mass is 403 g/mol. The van der Waals surface area contributed by atoms with Crippen molar-refractivity contribution in [3.63, 3.8) is 0 Å². The molecule has 0 radical (unpaired) electrons. The second-order valence-corrected chi connectivity index (χ2v) is 9.54. The van der Waals surface area contributed by atoms with Crippen molar-refractivity contribution < 1.29 is 14.3 Å². The van der Waals surface area contributed by atoms with Gasteiger partial charge in [0.1, 0.15) is 5.00 Å². The summed E-state index contributed by atoms with van der Waals surface area (Å²) in [6, 6.07) is 7.61. The Labute approximate surface area is 168 Å². The van der Waals surface area contributed by atoms with Gasteiger partial charge < -0.3 is 10.1 Å². The SMILES string of the molecule is CCOC(=O)c1c(NC(=O)c2cccc(SC(C)C)c2)sc2c1CCCC2. The standard InChI is InChI=1S/C21H25NO3S2/c1-4-25-21(24)18-16-10-5-6-11-17(16)27-20(18)22-19(23)14-8-7-9-15(12-14)26-13(2)3/h7-9,12-13H,4-6,10-11H2,1-3H3,(H,22,23). The summed E-state index contributed by atoms with van der Waals surface area (Å²) >= 11 is 3.24. The van der Waals surface area contributed by atoms with Crippen molar-refractivity contribution in [2.75, 3.05) is 11.9 Å². The molecule has 0 saturated heterocycles. The van der Waals surface area contributed by atoms with Crippen LogP contribution in [0.5, 0.6) is 0 Å². The molecule has 0 saturated carbocycles. The topological polar surface area (TPSA) is 55.4 Å². The van der Waals surface area contributed by atoms with Crippen LogP contribution in [0.25, 0.3) is 0 Å². The number of thiophene rings is 1. The average Bonchev–Trinajstić information content (AvgIpc) is 2.99. The highest BCUT2D eigenvalue weighted by atomic mass is 32.2. The summed E-state index contributed by atoms with van der Waals surface area (Å²) in [7, 11) is 0. The number of hydrogen-bond acceptors (Lipinski definition) is 5. The largest absolute Gasteiger partial charge is 0.462 e. The molecule has 0 aliphatic heterocycles. The fourth-order valence-corrected chi connectivity index (χ4v) is 5.40. The summed E-state index contributed by atoms with van der Waals surface area (Å²) < 4.78 is 5.26. The van der Waals surface area contributed by atoms with E-state index in [2.05, 4.69) is 19.2 Å². The lowest BCUT2D eigenvalue weighted by molar-refractivity contribution is 0.0526. The summed E-state index contributed by atoms with van der Waals surface area (Å²) in [5.74, 6) is -0.526. The lowest BCUT2D eigenvalue weighted by Gasteiger charge is -2.12. The number of hydrogen-bond donors (Lipinski definition) is 1. The Kier molecular flexibility index (Phi) is 6.60. The maximum absolute atomic E-state index is 12.8. The number of aryl methyl sites for hydroxylation is 1. The molecule has 144 valence electrons. The van der Waals surface area contributed by atoms with Crippen molar-refractivity contribution in [2.45, 2.75) is 56.6 Å². The van der Waals surface area contributed by atoms with Crippen molar-refractivity contribution in [3.8, 4) is 0 Å². The van der Waals surface area contributed by atoms with Crippen LogP contribution in [0, 0.1) is 0 Å². The van der Waals surface area contributed by atoms with E-state index in [1.807, 2.05) is 18.2 Å². The molecular weight excluding hydrogens is 378 g/mol. The number of rotatable bonds is 6. The third-order valence-electron chi connectivity index (χ3n) is 4.35. The normalized spacial score (nSPS) is 13.3. The molecular formula is C21H25NO3S2. The van der Waals surface area contributed by atoms with E-state index >= 15 is 0 Å². The lowest BCUT2D eigenvalue weighted by atomic mass is 9.95. The van der Waals surface area contributed by atoms with E-state index in [9.17, 15) is 9.59 Å². The van der Waals surface area contributed by atoms with Crippen LogP contribution in [-0.2, 0) is 17.6 Å². The van der Waals surface area contributed by atoms with Crippen LogP contribution in [0.4, 0.5) is 5.00 Å². The molecule has 0 bridgehead atoms. The molecule has 0 spiro atoms. The molecule has 27 heavy (non-hydrogen) atoms. The van der Waals surface area contributed by atoms with Crippen LogP contribution in [0.3, 0.4) is 0 Å². The van der Waals surface area contributed by atoms with E-state index in [-0.39, 0.29) is 11.9 Å². The Morgan fingerprint density at radius 2 is 2.04 bits per heavy atom. The Balaban J connectivity index is 1.87. The first-order valence-electron chi connectivity index (χ1n) is 9.39. The summed E-state index contributed by atoms with van der Waals surface area (Å²) in [6.45, 7) is 6.37. The Morgan fingerprint density at radius 1 is 1.26 bits per heavy atom. The number of ether oxygens (including phenoxy) is 1. The highest BCUT2D eigenvalue weighted by Gasteiger charge is 2.27. The van der Waals surface area contributed by atoms with Crippen LogP contribution in [0.1, 0.15) is 64.8 Å². The Hall–Kier alpha value is -1.79. The maximum Gasteiger partial charge on any atom is 0.341 e. The van der Waals surface area contributed by atoms with Crippen LogP contribution < -0.4 is 5.32 Å². The number of benzene rings is 1. The van der Waals surface area contributed by atoms with Crippen LogP contribution in [0.15, 0.2) is 29.2 Å². The number of carbonyl (C=O) groups is 2. The number of esters is 1. The highest BCUT2D eigenvalue weighted by molar-refractivity contribution is 7.99. The molecule has 0 fully saturated rings. The Bertz CT molecular complexity index is 842. The van der Waals surface area contributed by atoms with Gasteiger partial charge >= 0.3 is 5.97 Å². The quantitative estimate of drug-likeness (QED) is 0.507. The van der Waals surface area contributed by atoms with Gasteiger partial charge in [-0.25, -0.2) is 4.79 Å². The van der Waals surface area contributed by atoms with E-state index in [4.69, 9.17) is 4.74 Å². The molecule has 0 atom stereocenters. The zero-order chi connectivity index (χ0) is 19.4. The van der Waals surface area contributed by atoms with Gasteiger partial charge in [-0.05, 0) is 56.4 Å². The average molecular weight is 404 g/mol. The molecule has 1 N–H and O–H groups in total. The second-order valence-electron chi connectivity index (χ2n) is 6.78. The van der Waals surface area contributed by atoms with Gasteiger partial charge in [-0.15, -0.1) is 23.1 Å². The highest BCUT2D eigenvalue weighted by Crippen LogP contribution is 2.39. The third-order valence-corrected chi connectivity index (χ3v) is 6.55. The maximum atomic E-state index is 12.8. The van der Waals surface area contributed by atoms with Gasteiger partial charge in [0.2, 0.25) is 0 Å². The Morgan fingerprint density at radius 3 is 2.78 bits per heavy atom. The minimum Gasteiger partial charge on any atom is -0.462 e. The van der Waals surface area contributed by atoms with Crippen molar-refractivity contribution in [3.05, 3.63) is 45.8 Å². The van der Waals surface area contributed by atoms with E-state index in [1.54, 1.807) is 24.8 Å². The van der Waals surface area contributed by atoms with Crippen LogP contribution >= 0.6 is 23.1 Å². The van der Waals surface area contributed by atoms with Crippen molar-refractivity contribution in [1.29, 1.82) is 0 Å². The number of thioether (sulfide) groups is 1. The van der Waals surface area contributed by atoms with Gasteiger partial charge in [0, 0.05) is 20.6 Å². The number of anilines is 1. The minimum absolute atomic E-state index is 0.189. The molecule has 1 aliphatic rings. The van der Waals surface area contributed by atoms with Gasteiger partial charge in [-0.3, -0.25) is 4.79 Å². The molecule has 1 amide bonds. The van der Waals surface area contributed by atoms with Gasteiger partial charge in [-0.2, -0.15) is 0 Å². The van der Waals surface area contributed by atoms with Gasteiger partial charge in [-0.1, -0.05) is 19.9 Å². The summed E-state index contributed by atoms with van der Waals surface area (Å²) in [5, 5.41) is 4.04. The summed E-state index contributed by atoms with van der Waals surface area (Å²) in [5.41, 5.74) is 2.21. The van der Waals surface area contributed by atoms with E-state index in [1.165, 1.54) is 16.2 Å². The molecule has 2 aromatic rings. The lowest BCUT2D eigenvalue weighted by Crippen LogP contribution is -2.15. The molecule has 1 aromatic carbocycles. The summed E-state index contributed by atoms with van der Waals surface area (Å²) in [6.07, 6.45) is 4.02. The van der Waals surface area contributed by atoms with Gasteiger partial charge in [0.15, 0.2) is 0 Å². The molecule has 1 aliphatic carbocycles. The van der Waals surface area contributed by atoms with E-state index < -0.39 is 0 Å².